The Morgan fingerprint density at radius 1 is 1.15 bits per heavy atom. The van der Waals surface area contributed by atoms with E-state index in [0.717, 1.165) is 31.6 Å². The van der Waals surface area contributed by atoms with Gasteiger partial charge in [0.2, 0.25) is 5.88 Å². The van der Waals surface area contributed by atoms with Crippen LogP contribution < -0.4 is 19.7 Å². The van der Waals surface area contributed by atoms with Crippen LogP contribution in [0.15, 0.2) is 42.5 Å². The van der Waals surface area contributed by atoms with E-state index in [2.05, 4.69) is 37.6 Å². The van der Waals surface area contributed by atoms with Crippen molar-refractivity contribution in [3.05, 3.63) is 59.7 Å². The maximum atomic E-state index is 16.8. The van der Waals surface area contributed by atoms with Crippen molar-refractivity contribution < 1.29 is 22.6 Å². The number of terminal acetylenes is 1. The summed E-state index contributed by atoms with van der Waals surface area (Å²) in [6, 6.07) is 8.14. The lowest BCUT2D eigenvalue weighted by molar-refractivity contribution is 0.195. The number of nitrogens with zero attached hydrogens (tertiary/aromatic N) is 5. The predicted octanol–water partition coefficient (Wildman–Crippen LogP) is 5.42. The van der Waals surface area contributed by atoms with Crippen LogP contribution in [0.1, 0.15) is 31.2 Å². The smallest absolute Gasteiger partial charge is 0.319 e. The fourth-order valence-corrected chi connectivity index (χ4v) is 6.73. The van der Waals surface area contributed by atoms with Gasteiger partial charge in [0.05, 0.1) is 18.8 Å². The van der Waals surface area contributed by atoms with E-state index >= 15 is 4.39 Å². The zero-order valence-electron chi connectivity index (χ0n) is 25.5. The van der Waals surface area contributed by atoms with E-state index in [1.54, 1.807) is 24.3 Å². The quantitative estimate of drug-likeness (QED) is 0.158. The molecular weight excluding hydrogens is 593 g/mol. The Labute approximate surface area is 265 Å². The van der Waals surface area contributed by atoms with Crippen molar-refractivity contribution in [2.75, 3.05) is 57.4 Å². The molecular formula is C35H35F3N6O2. The van der Waals surface area contributed by atoms with Gasteiger partial charge in [-0.2, -0.15) is 9.97 Å². The lowest BCUT2D eigenvalue weighted by atomic mass is 9.96. The molecule has 11 heteroatoms. The minimum Gasteiger partial charge on any atom is -0.477 e. The molecule has 7 rings (SSSR count). The minimum absolute atomic E-state index is 0.0121. The van der Waals surface area contributed by atoms with Gasteiger partial charge in [0.25, 0.3) is 0 Å². The third kappa shape index (κ3) is 5.72. The number of rotatable bonds is 8. The summed E-state index contributed by atoms with van der Waals surface area (Å²) < 4.78 is 58.5. The van der Waals surface area contributed by atoms with Gasteiger partial charge in [-0.1, -0.05) is 42.3 Å². The largest absolute Gasteiger partial charge is 0.477 e. The molecule has 8 nitrogen and oxygen atoms in total. The van der Waals surface area contributed by atoms with Crippen molar-refractivity contribution in [3.63, 3.8) is 0 Å². The van der Waals surface area contributed by atoms with E-state index in [0.29, 0.717) is 73.0 Å². The third-order valence-corrected chi connectivity index (χ3v) is 9.00. The molecule has 4 aromatic rings. The molecule has 5 heterocycles. The van der Waals surface area contributed by atoms with E-state index < -0.39 is 17.8 Å². The maximum absolute atomic E-state index is 16.8. The topological polar surface area (TPSA) is 75.6 Å². The lowest BCUT2D eigenvalue weighted by Gasteiger charge is -2.38. The number of halogens is 3. The van der Waals surface area contributed by atoms with Crippen LogP contribution in [0.2, 0.25) is 0 Å². The van der Waals surface area contributed by atoms with E-state index in [-0.39, 0.29) is 41.3 Å². The summed E-state index contributed by atoms with van der Waals surface area (Å²) in [5.74, 6) is 1.78. The Morgan fingerprint density at radius 3 is 2.87 bits per heavy atom. The summed E-state index contributed by atoms with van der Waals surface area (Å²) >= 11 is 0. The van der Waals surface area contributed by atoms with Gasteiger partial charge in [-0.15, -0.1) is 6.42 Å². The lowest BCUT2D eigenvalue weighted by Crippen LogP contribution is -2.52. The normalized spacial score (nSPS) is 19.0. The van der Waals surface area contributed by atoms with Crippen molar-refractivity contribution in [2.24, 2.45) is 0 Å². The van der Waals surface area contributed by atoms with Gasteiger partial charge in [-0.3, -0.25) is 4.90 Å². The Kier molecular flexibility index (Phi) is 8.40. The number of hydrogen-bond donors (Lipinski definition) is 1. The number of piperazine rings is 1. The van der Waals surface area contributed by atoms with E-state index in [1.165, 1.54) is 6.07 Å². The maximum Gasteiger partial charge on any atom is 0.319 e. The first kappa shape index (κ1) is 30.3. The molecule has 0 spiro atoms. The summed E-state index contributed by atoms with van der Waals surface area (Å²) in [6.07, 6.45) is 7.08. The molecule has 2 aromatic carbocycles. The Balaban J connectivity index is 1.27. The van der Waals surface area contributed by atoms with Gasteiger partial charge in [0, 0.05) is 62.7 Å². The molecule has 0 amide bonds. The second kappa shape index (κ2) is 12.8. The molecule has 0 aliphatic carbocycles. The predicted molar refractivity (Wildman–Crippen MR) is 172 cm³/mol. The molecule has 3 aliphatic rings. The minimum atomic E-state index is -0.994. The molecule has 2 atom stereocenters. The zero-order valence-corrected chi connectivity index (χ0v) is 25.5. The fourth-order valence-electron chi connectivity index (χ4n) is 6.73. The Hall–Kier alpha value is -4.40. The number of pyridine rings is 1. The molecule has 2 saturated heterocycles. The van der Waals surface area contributed by atoms with Gasteiger partial charge < -0.3 is 19.7 Å². The first-order valence-corrected chi connectivity index (χ1v) is 15.8. The number of ether oxygens (including phenoxy) is 2. The van der Waals surface area contributed by atoms with Gasteiger partial charge in [-0.05, 0) is 30.7 Å². The molecule has 3 aliphatic heterocycles. The van der Waals surface area contributed by atoms with Gasteiger partial charge >= 0.3 is 6.01 Å². The van der Waals surface area contributed by atoms with Crippen LogP contribution >= 0.6 is 0 Å². The van der Waals surface area contributed by atoms with E-state index in [1.807, 2.05) is 0 Å². The average Bonchev–Trinajstić information content (AvgIpc) is 3.47. The molecule has 238 valence electrons. The second-order valence-corrected chi connectivity index (χ2v) is 12.1. The monoisotopic (exact) mass is 628 g/mol. The third-order valence-electron chi connectivity index (χ3n) is 9.00. The first-order valence-electron chi connectivity index (χ1n) is 15.8. The summed E-state index contributed by atoms with van der Waals surface area (Å²) in [4.78, 5) is 18.1. The molecule has 0 unspecified atom stereocenters. The second-order valence-electron chi connectivity index (χ2n) is 12.1. The number of likely N-dealkylation sites (tertiary alicyclic amines) is 1. The summed E-state index contributed by atoms with van der Waals surface area (Å²) in [5.41, 5.74) is 1.40. The molecule has 0 radical (unpaired) electrons. The summed E-state index contributed by atoms with van der Waals surface area (Å²) in [6.45, 7) is 8.52. The van der Waals surface area contributed by atoms with Gasteiger partial charge in [0.1, 0.15) is 34.4 Å². The molecule has 1 N–H and O–H groups in total. The molecule has 0 saturated carbocycles. The van der Waals surface area contributed by atoms with Crippen LogP contribution in [0.5, 0.6) is 11.9 Å². The summed E-state index contributed by atoms with van der Waals surface area (Å²) in [5, 5.41) is 4.78. The first-order chi connectivity index (χ1) is 22.4. The van der Waals surface area contributed by atoms with Crippen LogP contribution in [0.25, 0.3) is 32.9 Å². The van der Waals surface area contributed by atoms with Crippen molar-refractivity contribution in [1.29, 1.82) is 0 Å². The Morgan fingerprint density at radius 2 is 2.04 bits per heavy atom. The van der Waals surface area contributed by atoms with Crippen LogP contribution in [-0.2, 0) is 0 Å². The van der Waals surface area contributed by atoms with Crippen LogP contribution in [0, 0.1) is 24.0 Å². The molecule has 2 aromatic heterocycles. The van der Waals surface area contributed by atoms with Crippen LogP contribution in [0.4, 0.5) is 19.0 Å². The molecule has 46 heavy (non-hydrogen) atoms. The number of benzene rings is 2. The summed E-state index contributed by atoms with van der Waals surface area (Å²) in [7, 11) is 0. The number of hydrogen-bond acceptors (Lipinski definition) is 8. The standard InChI is InChI=1S/C35H35F3N6O2/c1-3-25-27(37)10-9-22-6-4-8-26(28(22)25)31-30(38)32-29-33(44-15-13-39-18-24(44)12-17-45-34(29)40-31)42-35(41-32)46-16-5-7-23(36)20-43-14-11-21(2)19-43/h1,4,6,8-10,23-24,39H,2,5,7,11-20H2/t23-,24+/m0/s1. The van der Waals surface area contributed by atoms with Crippen LogP contribution in [-0.4, -0.2) is 84.5 Å². The van der Waals surface area contributed by atoms with Crippen molar-refractivity contribution in [2.45, 2.75) is 37.9 Å². The highest BCUT2D eigenvalue weighted by Crippen LogP contribution is 2.42. The zero-order chi connectivity index (χ0) is 31.8. The van der Waals surface area contributed by atoms with E-state index in [4.69, 9.17) is 20.9 Å². The van der Waals surface area contributed by atoms with Gasteiger partial charge in [-0.25, -0.2) is 18.2 Å². The van der Waals surface area contributed by atoms with E-state index in [9.17, 15) is 8.78 Å². The number of aromatic nitrogens is 3. The SMILES string of the molecule is C#Cc1c(F)ccc2cccc(-c3nc4c5c(nc(OCCC[C@H](F)CN6CCC(=C)C6)nc5c3F)N3CCNC[C@H]3CCO4)c12. The number of nitrogens with one attached hydrogen (secondary N) is 1. The van der Waals surface area contributed by atoms with Crippen molar-refractivity contribution in [1.82, 2.24) is 25.2 Å². The average molecular weight is 629 g/mol. The Bertz CT molecular complexity index is 1860. The molecule has 0 bridgehead atoms. The number of anilines is 1. The van der Waals surface area contributed by atoms with Gasteiger partial charge in [0.15, 0.2) is 5.82 Å². The highest BCUT2D eigenvalue weighted by Gasteiger charge is 2.32. The van der Waals surface area contributed by atoms with Crippen molar-refractivity contribution in [3.8, 4) is 35.5 Å². The number of fused-ring (bicyclic) bond motifs is 3. The molecule has 2 fully saturated rings. The highest BCUT2D eigenvalue weighted by atomic mass is 19.1. The van der Waals surface area contributed by atoms with Crippen LogP contribution in [0.3, 0.4) is 0 Å². The fraction of sp³-hybridized carbons (Fsp3) is 0.400. The highest BCUT2D eigenvalue weighted by molar-refractivity contribution is 6.03. The number of alkyl halides is 1. The van der Waals surface area contributed by atoms with Crippen molar-refractivity contribution >= 4 is 27.5 Å².